The fourth-order valence-electron chi connectivity index (χ4n) is 1.67. The van der Waals surface area contributed by atoms with Crippen LogP contribution in [-0.2, 0) is 11.2 Å². The molecule has 0 amide bonds. The second-order valence-electron chi connectivity index (χ2n) is 3.67. The minimum atomic E-state index is 0.0795. The molecule has 1 atom stereocenters. The van der Waals surface area contributed by atoms with Crippen LogP contribution in [0.1, 0.15) is 12.0 Å². The number of hydrogen-bond donors (Lipinski definition) is 1. The molecule has 1 fully saturated rings. The van der Waals surface area contributed by atoms with Crippen LogP contribution in [0.15, 0.2) is 30.3 Å². The van der Waals surface area contributed by atoms with Crippen molar-refractivity contribution < 1.29 is 4.74 Å². The van der Waals surface area contributed by atoms with Gasteiger partial charge in [-0.05, 0) is 18.5 Å². The van der Waals surface area contributed by atoms with Crippen molar-refractivity contribution in [2.24, 2.45) is 5.73 Å². The summed E-state index contributed by atoms with van der Waals surface area (Å²) in [5.41, 5.74) is 6.95. The van der Waals surface area contributed by atoms with Crippen LogP contribution in [0.25, 0.3) is 0 Å². The van der Waals surface area contributed by atoms with E-state index in [0.717, 1.165) is 19.4 Å². The Morgan fingerprint density at radius 3 is 2.54 bits per heavy atom. The third kappa shape index (κ3) is 2.08. The maximum atomic E-state index is 5.53. The number of nitrogens with two attached hydrogens (primary N) is 1. The van der Waals surface area contributed by atoms with Crippen LogP contribution in [0.2, 0.25) is 0 Å². The zero-order valence-corrected chi connectivity index (χ0v) is 7.70. The molecule has 0 aliphatic carbocycles. The summed E-state index contributed by atoms with van der Waals surface area (Å²) in [5, 5.41) is 0. The molecule has 1 saturated heterocycles. The average molecular weight is 177 g/mol. The lowest BCUT2D eigenvalue weighted by molar-refractivity contribution is 0.290. The monoisotopic (exact) mass is 177 g/mol. The second kappa shape index (κ2) is 3.48. The summed E-state index contributed by atoms with van der Waals surface area (Å²) in [4.78, 5) is 0. The predicted octanol–water partition coefficient (Wildman–Crippen LogP) is 1.35. The van der Waals surface area contributed by atoms with Gasteiger partial charge < -0.3 is 10.5 Å². The summed E-state index contributed by atoms with van der Waals surface area (Å²) in [6.45, 7) is 1.59. The standard InChI is InChI=1S/C11H15NO/c12-7-6-11(9-13-11)8-10-4-2-1-3-5-10/h1-5H,6-9,12H2/t11-/m0/s1. The number of epoxide rings is 1. The smallest absolute Gasteiger partial charge is 0.0968 e. The predicted molar refractivity (Wildman–Crippen MR) is 52.5 cm³/mol. The maximum absolute atomic E-state index is 5.53. The van der Waals surface area contributed by atoms with Gasteiger partial charge in [0.2, 0.25) is 0 Å². The molecule has 2 N–H and O–H groups in total. The van der Waals surface area contributed by atoms with Gasteiger partial charge in [-0.15, -0.1) is 0 Å². The highest BCUT2D eigenvalue weighted by Gasteiger charge is 2.43. The summed E-state index contributed by atoms with van der Waals surface area (Å²) in [6.07, 6.45) is 1.98. The number of benzene rings is 1. The van der Waals surface area contributed by atoms with Gasteiger partial charge >= 0.3 is 0 Å². The van der Waals surface area contributed by atoms with Gasteiger partial charge in [0.25, 0.3) is 0 Å². The quantitative estimate of drug-likeness (QED) is 0.705. The van der Waals surface area contributed by atoms with E-state index in [1.807, 2.05) is 6.07 Å². The molecule has 1 aromatic rings. The molecule has 1 aliphatic heterocycles. The molecule has 1 heterocycles. The minimum Gasteiger partial charge on any atom is -0.369 e. The largest absolute Gasteiger partial charge is 0.369 e. The Hall–Kier alpha value is -0.860. The third-order valence-electron chi connectivity index (χ3n) is 2.52. The van der Waals surface area contributed by atoms with E-state index in [1.165, 1.54) is 5.56 Å². The molecule has 1 aliphatic rings. The van der Waals surface area contributed by atoms with Gasteiger partial charge in [-0.25, -0.2) is 0 Å². The number of hydrogen-bond acceptors (Lipinski definition) is 2. The second-order valence-corrected chi connectivity index (χ2v) is 3.67. The van der Waals surface area contributed by atoms with Crippen LogP contribution in [0.4, 0.5) is 0 Å². The Bertz CT molecular complexity index is 267. The van der Waals surface area contributed by atoms with Crippen molar-refractivity contribution in [1.29, 1.82) is 0 Å². The summed E-state index contributed by atoms with van der Waals surface area (Å²) in [5.74, 6) is 0. The van der Waals surface area contributed by atoms with Gasteiger partial charge in [0.1, 0.15) is 0 Å². The van der Waals surface area contributed by atoms with Gasteiger partial charge in [-0.3, -0.25) is 0 Å². The summed E-state index contributed by atoms with van der Waals surface area (Å²) < 4.78 is 5.46. The fraction of sp³-hybridized carbons (Fsp3) is 0.455. The highest BCUT2D eigenvalue weighted by Crippen LogP contribution is 2.33. The van der Waals surface area contributed by atoms with Gasteiger partial charge in [-0.2, -0.15) is 0 Å². The lowest BCUT2D eigenvalue weighted by Crippen LogP contribution is -2.19. The van der Waals surface area contributed by atoms with E-state index < -0.39 is 0 Å². The first-order valence-corrected chi connectivity index (χ1v) is 4.73. The Kier molecular flexibility index (Phi) is 2.34. The topological polar surface area (TPSA) is 38.5 Å². The van der Waals surface area contributed by atoms with Crippen LogP contribution in [0.5, 0.6) is 0 Å². The molecular weight excluding hydrogens is 162 g/mol. The van der Waals surface area contributed by atoms with Crippen molar-refractivity contribution in [2.75, 3.05) is 13.2 Å². The van der Waals surface area contributed by atoms with Gasteiger partial charge in [0.05, 0.1) is 12.2 Å². The van der Waals surface area contributed by atoms with E-state index in [2.05, 4.69) is 24.3 Å². The van der Waals surface area contributed by atoms with Gasteiger partial charge in [0.15, 0.2) is 0 Å². The van der Waals surface area contributed by atoms with Crippen molar-refractivity contribution >= 4 is 0 Å². The number of ether oxygens (including phenoxy) is 1. The minimum absolute atomic E-state index is 0.0795. The summed E-state index contributed by atoms with van der Waals surface area (Å²) in [7, 11) is 0. The van der Waals surface area contributed by atoms with Crippen LogP contribution in [0.3, 0.4) is 0 Å². The molecule has 13 heavy (non-hydrogen) atoms. The summed E-state index contributed by atoms with van der Waals surface area (Å²) in [6, 6.07) is 10.4. The molecule has 70 valence electrons. The van der Waals surface area contributed by atoms with Crippen LogP contribution in [0, 0.1) is 0 Å². The van der Waals surface area contributed by atoms with Crippen molar-refractivity contribution in [2.45, 2.75) is 18.4 Å². The Balaban J connectivity index is 1.98. The molecule has 0 aromatic heterocycles. The van der Waals surface area contributed by atoms with E-state index in [4.69, 9.17) is 10.5 Å². The van der Waals surface area contributed by atoms with Crippen molar-refractivity contribution in [3.8, 4) is 0 Å². The van der Waals surface area contributed by atoms with Crippen molar-refractivity contribution in [1.82, 2.24) is 0 Å². The highest BCUT2D eigenvalue weighted by atomic mass is 16.6. The SMILES string of the molecule is NCC[C@]1(Cc2ccccc2)CO1. The molecule has 0 unspecified atom stereocenters. The molecule has 0 saturated carbocycles. The van der Waals surface area contributed by atoms with E-state index >= 15 is 0 Å². The average Bonchev–Trinajstić information content (AvgIpc) is 2.87. The van der Waals surface area contributed by atoms with E-state index in [0.29, 0.717) is 6.54 Å². The van der Waals surface area contributed by atoms with E-state index in [9.17, 15) is 0 Å². The zero-order valence-electron chi connectivity index (χ0n) is 7.70. The van der Waals surface area contributed by atoms with Crippen molar-refractivity contribution in [3.63, 3.8) is 0 Å². The lowest BCUT2D eigenvalue weighted by Gasteiger charge is -2.09. The molecule has 2 heteroatoms. The zero-order chi connectivity index (χ0) is 9.15. The van der Waals surface area contributed by atoms with Crippen LogP contribution >= 0.6 is 0 Å². The lowest BCUT2D eigenvalue weighted by atomic mass is 9.97. The molecule has 0 spiro atoms. The van der Waals surface area contributed by atoms with E-state index in [1.54, 1.807) is 0 Å². The van der Waals surface area contributed by atoms with Crippen LogP contribution in [-0.4, -0.2) is 18.8 Å². The Morgan fingerprint density at radius 2 is 2.00 bits per heavy atom. The molecule has 2 rings (SSSR count). The van der Waals surface area contributed by atoms with Gasteiger partial charge in [0, 0.05) is 6.42 Å². The first-order chi connectivity index (χ1) is 6.35. The molecule has 0 bridgehead atoms. The van der Waals surface area contributed by atoms with Crippen LogP contribution < -0.4 is 5.73 Å². The molecule has 1 aromatic carbocycles. The molecule has 2 nitrogen and oxygen atoms in total. The Morgan fingerprint density at radius 1 is 1.31 bits per heavy atom. The first kappa shape index (κ1) is 8.73. The normalized spacial score (nSPS) is 25.9. The fourth-order valence-corrected chi connectivity index (χ4v) is 1.67. The van der Waals surface area contributed by atoms with E-state index in [-0.39, 0.29) is 5.60 Å². The Labute approximate surface area is 78.7 Å². The first-order valence-electron chi connectivity index (χ1n) is 4.73. The highest BCUT2D eigenvalue weighted by molar-refractivity contribution is 5.19. The third-order valence-corrected chi connectivity index (χ3v) is 2.52. The number of rotatable bonds is 4. The molecule has 0 radical (unpaired) electrons. The summed E-state index contributed by atoms with van der Waals surface area (Å²) >= 11 is 0. The van der Waals surface area contributed by atoms with Gasteiger partial charge in [-0.1, -0.05) is 30.3 Å². The van der Waals surface area contributed by atoms with Crippen molar-refractivity contribution in [3.05, 3.63) is 35.9 Å². The molecular formula is C11H15NO. The maximum Gasteiger partial charge on any atom is 0.0968 e.